The van der Waals surface area contributed by atoms with E-state index in [9.17, 15) is 19.8 Å². The number of aryl methyl sites for hydroxylation is 1. The van der Waals surface area contributed by atoms with Crippen LogP contribution in [0.4, 0.5) is 5.69 Å². The summed E-state index contributed by atoms with van der Waals surface area (Å²) in [6, 6.07) is 11.4. The molecular formula is C32H44N2O7. The number of carbonyl (C=O) groups excluding carboxylic acids is 1. The Morgan fingerprint density at radius 1 is 0.927 bits per heavy atom. The van der Waals surface area contributed by atoms with Gasteiger partial charge in [0, 0.05) is 35.7 Å². The standard InChI is InChI=1S/C32H44N2O7/c1-4-7-11-27-29(26-17-14-24(33)22-28(26)40-27)32(38,41-31(37)30(35)36)23-12-15-25(16-13-23)39-21-10-20-34(18-8-5-2)19-9-6-3/h12-17,22,38H,4-11,18-21,33H2,1-3H3,(H,35,36)/t32-/m0/s1. The van der Waals surface area contributed by atoms with Crippen molar-refractivity contribution < 1.29 is 33.7 Å². The van der Waals surface area contributed by atoms with Crippen molar-refractivity contribution in [1.29, 1.82) is 0 Å². The second kappa shape index (κ2) is 15.4. The van der Waals surface area contributed by atoms with Crippen molar-refractivity contribution in [2.24, 2.45) is 0 Å². The number of furan rings is 1. The lowest BCUT2D eigenvalue weighted by molar-refractivity contribution is -0.203. The molecule has 1 heterocycles. The summed E-state index contributed by atoms with van der Waals surface area (Å²) in [5, 5.41) is 21.7. The maximum absolute atomic E-state index is 12.3. The van der Waals surface area contributed by atoms with Gasteiger partial charge in [-0.2, -0.15) is 0 Å². The molecule has 2 aromatic carbocycles. The van der Waals surface area contributed by atoms with Gasteiger partial charge in [0.2, 0.25) is 0 Å². The van der Waals surface area contributed by atoms with Gasteiger partial charge in [0.1, 0.15) is 17.1 Å². The molecule has 224 valence electrons. The molecule has 0 aliphatic heterocycles. The molecule has 0 fully saturated rings. The topological polar surface area (TPSA) is 135 Å². The van der Waals surface area contributed by atoms with Crippen molar-refractivity contribution in [1.82, 2.24) is 4.90 Å². The smallest absolute Gasteiger partial charge is 0.420 e. The normalized spacial score (nSPS) is 12.9. The lowest BCUT2D eigenvalue weighted by Gasteiger charge is -2.28. The van der Waals surface area contributed by atoms with Crippen LogP contribution in [-0.4, -0.2) is 53.3 Å². The fraction of sp³-hybridized carbons (Fsp3) is 0.500. The van der Waals surface area contributed by atoms with Crippen LogP contribution in [0.5, 0.6) is 5.75 Å². The van der Waals surface area contributed by atoms with E-state index in [-0.39, 0.29) is 11.1 Å². The zero-order valence-electron chi connectivity index (χ0n) is 24.5. The molecule has 0 radical (unpaired) electrons. The molecule has 0 spiro atoms. The molecule has 1 aromatic heterocycles. The van der Waals surface area contributed by atoms with Gasteiger partial charge in [-0.1, -0.05) is 40.0 Å². The van der Waals surface area contributed by atoms with Gasteiger partial charge in [0.25, 0.3) is 5.79 Å². The van der Waals surface area contributed by atoms with Crippen LogP contribution >= 0.6 is 0 Å². The minimum Gasteiger partial charge on any atom is -0.494 e. The second-order valence-electron chi connectivity index (χ2n) is 10.4. The molecule has 3 aromatic rings. The molecule has 0 amide bonds. The number of aliphatic carboxylic acids is 1. The molecule has 0 unspecified atom stereocenters. The van der Waals surface area contributed by atoms with Crippen LogP contribution in [0.25, 0.3) is 11.0 Å². The number of nitrogens with zero attached hydrogens (tertiary/aromatic N) is 1. The van der Waals surface area contributed by atoms with Crippen molar-refractivity contribution in [3.8, 4) is 5.75 Å². The Morgan fingerprint density at radius 2 is 1.56 bits per heavy atom. The molecule has 0 bridgehead atoms. The van der Waals surface area contributed by atoms with Crippen LogP contribution in [0.1, 0.15) is 82.6 Å². The number of carboxylic acid groups (broad SMARTS) is 1. The van der Waals surface area contributed by atoms with E-state index in [0.717, 1.165) is 38.9 Å². The Hall–Kier alpha value is -3.56. The summed E-state index contributed by atoms with van der Waals surface area (Å²) >= 11 is 0. The highest BCUT2D eigenvalue weighted by Crippen LogP contribution is 2.41. The number of nitrogen functional groups attached to an aromatic ring is 1. The monoisotopic (exact) mass is 568 g/mol. The van der Waals surface area contributed by atoms with Crippen LogP contribution < -0.4 is 10.5 Å². The first-order valence-electron chi connectivity index (χ1n) is 14.7. The number of hydrogen-bond acceptors (Lipinski definition) is 8. The molecule has 9 heteroatoms. The number of benzene rings is 2. The van der Waals surface area contributed by atoms with E-state index >= 15 is 0 Å². The highest BCUT2D eigenvalue weighted by Gasteiger charge is 2.43. The van der Waals surface area contributed by atoms with Gasteiger partial charge in [0.15, 0.2) is 0 Å². The summed E-state index contributed by atoms with van der Waals surface area (Å²) in [5.74, 6) is -4.84. The SMILES string of the molecule is CCCCc1oc2cc(N)ccc2c1[C@@](O)(OC(=O)C(=O)O)c1ccc(OCCCN(CCCC)CCCC)cc1. The lowest BCUT2D eigenvalue weighted by Crippen LogP contribution is -2.36. The molecule has 9 nitrogen and oxygen atoms in total. The number of rotatable bonds is 17. The number of unbranched alkanes of at least 4 members (excludes halogenated alkanes) is 3. The average molecular weight is 569 g/mol. The predicted octanol–water partition coefficient (Wildman–Crippen LogP) is 5.85. The third kappa shape index (κ3) is 8.47. The zero-order chi connectivity index (χ0) is 29.8. The van der Waals surface area contributed by atoms with Crippen LogP contribution in [0.3, 0.4) is 0 Å². The Labute approximate surface area is 242 Å². The first-order chi connectivity index (χ1) is 19.7. The number of carboxylic acids is 1. The fourth-order valence-electron chi connectivity index (χ4n) is 4.83. The summed E-state index contributed by atoms with van der Waals surface area (Å²) in [6.07, 6.45) is 7.62. The predicted molar refractivity (Wildman–Crippen MR) is 159 cm³/mol. The van der Waals surface area contributed by atoms with Gasteiger partial charge in [0.05, 0.1) is 12.2 Å². The number of nitrogens with two attached hydrogens (primary N) is 1. The molecule has 0 aliphatic rings. The summed E-state index contributed by atoms with van der Waals surface area (Å²) in [7, 11) is 0. The Kier molecular flexibility index (Phi) is 12.0. The van der Waals surface area contributed by atoms with Crippen LogP contribution in [-0.2, 0) is 26.5 Å². The number of fused-ring (bicyclic) bond motifs is 1. The third-order valence-electron chi connectivity index (χ3n) is 7.09. The van der Waals surface area contributed by atoms with E-state index in [2.05, 4.69) is 18.7 Å². The third-order valence-corrected chi connectivity index (χ3v) is 7.09. The van der Waals surface area contributed by atoms with Crippen LogP contribution in [0.15, 0.2) is 46.9 Å². The maximum Gasteiger partial charge on any atom is 0.420 e. The van der Waals surface area contributed by atoms with Crippen molar-refractivity contribution in [2.45, 2.75) is 77.9 Å². The number of aliphatic hydroxyl groups is 1. The number of carbonyl (C=O) groups is 2. The van der Waals surface area contributed by atoms with Gasteiger partial charge >= 0.3 is 11.9 Å². The van der Waals surface area contributed by atoms with Crippen LogP contribution in [0, 0.1) is 0 Å². The van der Waals surface area contributed by atoms with Gasteiger partial charge < -0.3 is 34.7 Å². The van der Waals surface area contributed by atoms with E-state index in [4.69, 9.17) is 19.6 Å². The van der Waals surface area contributed by atoms with Crippen LogP contribution in [0.2, 0.25) is 0 Å². The zero-order valence-corrected chi connectivity index (χ0v) is 24.5. The van der Waals surface area contributed by atoms with E-state index in [1.54, 1.807) is 42.5 Å². The highest BCUT2D eigenvalue weighted by atomic mass is 16.7. The average Bonchev–Trinajstić information content (AvgIpc) is 3.33. The molecule has 0 saturated heterocycles. The Morgan fingerprint density at radius 3 is 2.17 bits per heavy atom. The van der Waals surface area contributed by atoms with E-state index < -0.39 is 17.7 Å². The highest BCUT2D eigenvalue weighted by molar-refractivity contribution is 6.28. The number of hydrogen-bond donors (Lipinski definition) is 3. The van der Waals surface area contributed by atoms with Gasteiger partial charge in [-0.25, -0.2) is 9.59 Å². The Balaban J connectivity index is 1.86. The lowest BCUT2D eigenvalue weighted by atomic mass is 9.93. The number of esters is 1. The van der Waals surface area contributed by atoms with E-state index in [1.807, 2.05) is 6.92 Å². The largest absolute Gasteiger partial charge is 0.494 e. The van der Waals surface area contributed by atoms with E-state index in [1.165, 1.54) is 25.7 Å². The van der Waals surface area contributed by atoms with Gasteiger partial charge in [-0.15, -0.1) is 0 Å². The first kappa shape index (κ1) is 32.0. The molecule has 0 saturated carbocycles. The van der Waals surface area contributed by atoms with Crippen molar-refractivity contribution in [3.05, 3.63) is 59.4 Å². The minimum atomic E-state index is -2.42. The summed E-state index contributed by atoms with van der Waals surface area (Å²) < 4.78 is 17.3. The second-order valence-corrected chi connectivity index (χ2v) is 10.4. The number of ether oxygens (including phenoxy) is 2. The van der Waals surface area contributed by atoms with Crippen molar-refractivity contribution >= 4 is 28.6 Å². The van der Waals surface area contributed by atoms with Gasteiger partial charge in [-0.05, 0) is 75.2 Å². The molecular weight excluding hydrogens is 524 g/mol. The maximum atomic E-state index is 12.3. The molecule has 3 rings (SSSR count). The molecule has 4 N–H and O–H groups in total. The Bertz CT molecular complexity index is 1260. The molecule has 0 aliphatic carbocycles. The molecule has 41 heavy (non-hydrogen) atoms. The summed E-state index contributed by atoms with van der Waals surface area (Å²) in [5.41, 5.74) is 7.17. The summed E-state index contributed by atoms with van der Waals surface area (Å²) in [4.78, 5) is 26.2. The minimum absolute atomic E-state index is 0.169. The molecule has 1 atom stereocenters. The quantitative estimate of drug-likeness (QED) is 0.0602. The van der Waals surface area contributed by atoms with Gasteiger partial charge in [-0.3, -0.25) is 0 Å². The summed E-state index contributed by atoms with van der Waals surface area (Å²) in [6.45, 7) is 10.1. The fourth-order valence-corrected chi connectivity index (χ4v) is 4.83. The first-order valence-corrected chi connectivity index (χ1v) is 14.7. The van der Waals surface area contributed by atoms with E-state index in [0.29, 0.717) is 41.2 Å². The van der Waals surface area contributed by atoms with Crippen molar-refractivity contribution in [2.75, 3.05) is 32.0 Å². The number of anilines is 1. The van der Waals surface area contributed by atoms with Crippen molar-refractivity contribution in [3.63, 3.8) is 0 Å².